The second-order valence-corrected chi connectivity index (χ2v) is 3.90. The van der Waals surface area contributed by atoms with Crippen molar-refractivity contribution in [1.29, 1.82) is 0 Å². The average molecular weight is 219 g/mol. The Morgan fingerprint density at radius 2 is 2.38 bits per heavy atom. The first-order valence-electron chi connectivity index (χ1n) is 5.34. The van der Waals surface area contributed by atoms with E-state index in [-0.39, 0.29) is 6.10 Å². The highest BCUT2D eigenvalue weighted by atomic mass is 16.5. The number of nitrogens with one attached hydrogen (secondary N) is 1. The van der Waals surface area contributed by atoms with Gasteiger partial charge in [0.2, 0.25) is 5.65 Å². The molecule has 3 N–H and O–H groups in total. The van der Waals surface area contributed by atoms with Gasteiger partial charge in [-0.25, -0.2) is 10.8 Å². The van der Waals surface area contributed by atoms with Gasteiger partial charge in [-0.15, -0.1) is 0 Å². The lowest BCUT2D eigenvalue weighted by Crippen LogP contribution is -2.25. The van der Waals surface area contributed by atoms with Crippen LogP contribution in [0.4, 0.5) is 5.82 Å². The van der Waals surface area contributed by atoms with E-state index >= 15 is 0 Å². The van der Waals surface area contributed by atoms with Gasteiger partial charge in [0, 0.05) is 12.4 Å². The van der Waals surface area contributed by atoms with E-state index in [0.29, 0.717) is 11.7 Å². The maximum Gasteiger partial charge on any atom is 0.260 e. The number of nitrogen functional groups attached to an aromatic ring is 1. The minimum atomic E-state index is 0.279. The molecule has 0 aliphatic heterocycles. The first-order valence-corrected chi connectivity index (χ1v) is 5.34. The highest BCUT2D eigenvalue weighted by Crippen LogP contribution is 2.26. The molecule has 3 rings (SSSR count). The van der Waals surface area contributed by atoms with Gasteiger partial charge < -0.3 is 10.2 Å². The van der Waals surface area contributed by atoms with Gasteiger partial charge in [-0.1, -0.05) is 0 Å². The molecular formula is C10H13N5O. The molecule has 0 saturated heterocycles. The van der Waals surface area contributed by atoms with Gasteiger partial charge in [0.1, 0.15) is 6.10 Å². The van der Waals surface area contributed by atoms with Crippen molar-refractivity contribution in [2.24, 2.45) is 5.84 Å². The largest absolute Gasteiger partial charge is 0.472 e. The molecule has 16 heavy (non-hydrogen) atoms. The predicted molar refractivity (Wildman–Crippen MR) is 59.1 cm³/mol. The summed E-state index contributed by atoms with van der Waals surface area (Å²) < 4.78 is 7.62. The number of imidazole rings is 1. The van der Waals surface area contributed by atoms with Crippen LogP contribution in [0.1, 0.15) is 19.3 Å². The third-order valence-corrected chi connectivity index (χ3v) is 2.82. The Labute approximate surface area is 92.4 Å². The molecule has 0 aromatic carbocycles. The van der Waals surface area contributed by atoms with Gasteiger partial charge in [-0.2, -0.15) is 4.98 Å². The molecule has 0 spiro atoms. The Morgan fingerprint density at radius 1 is 1.50 bits per heavy atom. The minimum Gasteiger partial charge on any atom is -0.472 e. The van der Waals surface area contributed by atoms with E-state index < -0.39 is 0 Å². The van der Waals surface area contributed by atoms with E-state index in [9.17, 15) is 0 Å². The zero-order valence-corrected chi connectivity index (χ0v) is 8.76. The number of ether oxygens (including phenoxy) is 1. The van der Waals surface area contributed by atoms with Crippen molar-refractivity contribution < 1.29 is 4.74 Å². The van der Waals surface area contributed by atoms with E-state index in [2.05, 4.69) is 15.4 Å². The highest BCUT2D eigenvalue weighted by molar-refractivity contribution is 5.53. The minimum absolute atomic E-state index is 0.279. The molecule has 0 amide bonds. The molecular weight excluding hydrogens is 206 g/mol. The third kappa shape index (κ3) is 1.47. The van der Waals surface area contributed by atoms with Crippen LogP contribution in [0, 0.1) is 0 Å². The Balaban J connectivity index is 2.01. The van der Waals surface area contributed by atoms with Crippen LogP contribution in [0.3, 0.4) is 0 Å². The fourth-order valence-electron chi connectivity index (χ4n) is 1.70. The standard InChI is InChI=1S/C10H13N5O/c11-14-8-6-15-5-4-12-9(15)10(13-8)16-7-2-1-3-7/h4-7,14H,1-3,11H2. The Bertz CT molecular complexity index is 505. The fraction of sp³-hybridized carbons (Fsp3) is 0.400. The van der Waals surface area contributed by atoms with Gasteiger partial charge in [-0.05, 0) is 19.3 Å². The summed E-state index contributed by atoms with van der Waals surface area (Å²) in [4.78, 5) is 8.48. The summed E-state index contributed by atoms with van der Waals surface area (Å²) >= 11 is 0. The summed E-state index contributed by atoms with van der Waals surface area (Å²) in [6.07, 6.45) is 9.02. The molecule has 0 atom stereocenters. The van der Waals surface area contributed by atoms with Crippen LogP contribution in [0.15, 0.2) is 18.6 Å². The molecule has 1 fully saturated rings. The fourth-order valence-corrected chi connectivity index (χ4v) is 1.70. The van der Waals surface area contributed by atoms with Crippen LogP contribution in [0.25, 0.3) is 5.65 Å². The number of aromatic nitrogens is 3. The summed E-state index contributed by atoms with van der Waals surface area (Å²) in [5.41, 5.74) is 3.25. The van der Waals surface area contributed by atoms with E-state index in [1.54, 1.807) is 12.4 Å². The number of hydrogen-bond donors (Lipinski definition) is 2. The van der Waals surface area contributed by atoms with Crippen LogP contribution in [0.5, 0.6) is 5.88 Å². The Morgan fingerprint density at radius 3 is 3.06 bits per heavy atom. The first-order chi connectivity index (χ1) is 7.86. The number of hydrogen-bond acceptors (Lipinski definition) is 5. The van der Waals surface area contributed by atoms with Gasteiger partial charge in [0.05, 0.1) is 6.20 Å². The van der Waals surface area contributed by atoms with Crippen molar-refractivity contribution in [3.63, 3.8) is 0 Å². The lowest BCUT2D eigenvalue weighted by atomic mass is 9.96. The smallest absolute Gasteiger partial charge is 0.260 e. The molecule has 6 heteroatoms. The van der Waals surface area contributed by atoms with E-state index in [0.717, 1.165) is 18.5 Å². The topological polar surface area (TPSA) is 77.5 Å². The van der Waals surface area contributed by atoms with E-state index in [4.69, 9.17) is 10.6 Å². The van der Waals surface area contributed by atoms with Crippen molar-refractivity contribution in [2.75, 3.05) is 5.43 Å². The van der Waals surface area contributed by atoms with Crippen molar-refractivity contribution >= 4 is 11.5 Å². The maximum atomic E-state index is 5.77. The molecule has 2 aromatic rings. The van der Waals surface area contributed by atoms with Crippen LogP contribution in [-0.4, -0.2) is 20.5 Å². The Kier molecular flexibility index (Phi) is 2.14. The lowest BCUT2D eigenvalue weighted by Gasteiger charge is -2.25. The van der Waals surface area contributed by atoms with Crippen LogP contribution in [0.2, 0.25) is 0 Å². The number of fused-ring (bicyclic) bond motifs is 1. The summed E-state index contributed by atoms with van der Waals surface area (Å²) in [6, 6.07) is 0. The van der Waals surface area contributed by atoms with Gasteiger partial charge in [0.15, 0.2) is 5.82 Å². The second-order valence-electron chi connectivity index (χ2n) is 3.90. The first kappa shape index (κ1) is 9.41. The summed E-state index contributed by atoms with van der Waals surface area (Å²) in [6.45, 7) is 0. The molecule has 2 heterocycles. The predicted octanol–water partition coefficient (Wildman–Crippen LogP) is 0.946. The average Bonchev–Trinajstić information content (AvgIpc) is 2.70. The Hall–Kier alpha value is -1.82. The molecule has 0 radical (unpaired) electrons. The molecule has 84 valence electrons. The van der Waals surface area contributed by atoms with Crippen molar-refractivity contribution in [1.82, 2.24) is 14.4 Å². The summed E-state index contributed by atoms with van der Waals surface area (Å²) in [5.74, 6) is 6.47. The monoisotopic (exact) mass is 219 g/mol. The van der Waals surface area contributed by atoms with Gasteiger partial charge >= 0.3 is 0 Å². The van der Waals surface area contributed by atoms with E-state index in [1.807, 2.05) is 10.6 Å². The quantitative estimate of drug-likeness (QED) is 0.593. The van der Waals surface area contributed by atoms with Crippen LogP contribution >= 0.6 is 0 Å². The van der Waals surface area contributed by atoms with Crippen molar-refractivity contribution in [3.05, 3.63) is 18.6 Å². The maximum absolute atomic E-state index is 5.77. The number of anilines is 1. The second kappa shape index (κ2) is 3.64. The van der Waals surface area contributed by atoms with Crippen LogP contribution in [-0.2, 0) is 0 Å². The molecule has 6 nitrogen and oxygen atoms in total. The molecule has 1 aliphatic rings. The van der Waals surface area contributed by atoms with Crippen molar-refractivity contribution in [3.8, 4) is 5.88 Å². The molecule has 0 unspecified atom stereocenters. The molecule has 1 aliphatic carbocycles. The van der Waals surface area contributed by atoms with Gasteiger partial charge in [0.25, 0.3) is 5.88 Å². The third-order valence-electron chi connectivity index (χ3n) is 2.82. The molecule has 0 bridgehead atoms. The highest BCUT2D eigenvalue weighted by Gasteiger charge is 2.21. The normalized spacial score (nSPS) is 16.1. The SMILES string of the molecule is NNc1cn2ccnc2c(OC2CCC2)n1. The number of nitrogens with zero attached hydrogens (tertiary/aromatic N) is 3. The zero-order valence-electron chi connectivity index (χ0n) is 8.76. The lowest BCUT2D eigenvalue weighted by molar-refractivity contribution is 0.116. The van der Waals surface area contributed by atoms with Crippen LogP contribution < -0.4 is 16.0 Å². The molecule has 2 aromatic heterocycles. The summed E-state index contributed by atoms with van der Waals surface area (Å²) in [5, 5.41) is 0. The number of rotatable bonds is 3. The van der Waals surface area contributed by atoms with Crippen molar-refractivity contribution in [2.45, 2.75) is 25.4 Å². The summed E-state index contributed by atoms with van der Waals surface area (Å²) in [7, 11) is 0. The molecule has 1 saturated carbocycles. The zero-order chi connectivity index (χ0) is 11.0. The van der Waals surface area contributed by atoms with E-state index in [1.165, 1.54) is 6.42 Å². The van der Waals surface area contributed by atoms with Gasteiger partial charge in [-0.3, -0.25) is 4.40 Å². The number of hydrazine groups is 1. The number of nitrogens with two attached hydrogens (primary N) is 1.